The van der Waals surface area contributed by atoms with Crippen molar-refractivity contribution in [2.75, 3.05) is 39.8 Å². The van der Waals surface area contributed by atoms with Gasteiger partial charge in [-0.25, -0.2) is 0 Å². The summed E-state index contributed by atoms with van der Waals surface area (Å²) >= 11 is 0. The van der Waals surface area contributed by atoms with Gasteiger partial charge in [0.1, 0.15) is 0 Å². The van der Waals surface area contributed by atoms with Gasteiger partial charge in [-0.15, -0.1) is 0 Å². The van der Waals surface area contributed by atoms with Crippen molar-refractivity contribution in [3.63, 3.8) is 0 Å². The molecule has 2 amide bonds. The number of primary amides is 1. The predicted molar refractivity (Wildman–Crippen MR) is 108 cm³/mol. The van der Waals surface area contributed by atoms with E-state index < -0.39 is 0 Å². The van der Waals surface area contributed by atoms with Crippen molar-refractivity contribution in [3.05, 3.63) is 30.1 Å². The first-order valence-corrected chi connectivity index (χ1v) is 10.4. The van der Waals surface area contributed by atoms with Gasteiger partial charge in [0.05, 0.1) is 5.92 Å². The molecule has 154 valence electrons. The Morgan fingerprint density at radius 1 is 1.25 bits per heavy atom. The lowest BCUT2D eigenvalue weighted by Gasteiger charge is -2.42. The Hall–Kier alpha value is -1.99. The number of nitrogens with two attached hydrogens (primary N) is 1. The van der Waals surface area contributed by atoms with Gasteiger partial charge < -0.3 is 10.6 Å². The lowest BCUT2D eigenvalue weighted by Crippen LogP contribution is -2.51. The first-order valence-electron chi connectivity index (χ1n) is 10.4. The van der Waals surface area contributed by atoms with E-state index in [9.17, 15) is 9.59 Å². The van der Waals surface area contributed by atoms with E-state index >= 15 is 0 Å². The zero-order valence-corrected chi connectivity index (χ0v) is 16.9. The van der Waals surface area contributed by atoms with E-state index in [-0.39, 0.29) is 24.2 Å². The van der Waals surface area contributed by atoms with Crippen LogP contribution in [0.5, 0.6) is 0 Å². The van der Waals surface area contributed by atoms with Gasteiger partial charge in [-0.3, -0.25) is 24.4 Å². The number of aromatic nitrogens is 1. The van der Waals surface area contributed by atoms with E-state index in [0.29, 0.717) is 12.6 Å². The van der Waals surface area contributed by atoms with Crippen LogP contribution in [0.4, 0.5) is 0 Å². The fourth-order valence-corrected chi connectivity index (χ4v) is 4.43. The third-order valence-electron chi connectivity index (χ3n) is 6.07. The standard InChI is InChI=1S/C21H33N5O2/c1-24(11-8-20(22)27)21(28)18-5-3-10-26(16-18)19-6-12-25(13-7-19)15-17-4-2-9-23-14-17/h2,4,9,14,18-19H,3,5-8,10-13,15-16H2,1H3,(H2,22,27)/t18-/m1/s1. The maximum absolute atomic E-state index is 12.7. The first kappa shape index (κ1) is 20.7. The molecule has 2 fully saturated rings. The monoisotopic (exact) mass is 387 g/mol. The Balaban J connectivity index is 1.46. The number of carbonyl (C=O) groups is 2. The lowest BCUT2D eigenvalue weighted by molar-refractivity contribution is -0.136. The molecule has 0 saturated carbocycles. The molecule has 0 aliphatic carbocycles. The van der Waals surface area contributed by atoms with Crippen molar-refractivity contribution in [1.82, 2.24) is 19.7 Å². The summed E-state index contributed by atoms with van der Waals surface area (Å²) in [4.78, 5) is 34.6. The van der Waals surface area contributed by atoms with Crippen LogP contribution in [0.3, 0.4) is 0 Å². The molecule has 0 spiro atoms. The van der Waals surface area contributed by atoms with Crippen molar-refractivity contribution in [2.24, 2.45) is 11.7 Å². The molecule has 7 nitrogen and oxygen atoms in total. The Morgan fingerprint density at radius 3 is 2.71 bits per heavy atom. The van der Waals surface area contributed by atoms with Gasteiger partial charge in [0.25, 0.3) is 0 Å². The second-order valence-corrected chi connectivity index (χ2v) is 8.18. The van der Waals surface area contributed by atoms with Crippen LogP contribution in [0.1, 0.15) is 37.7 Å². The van der Waals surface area contributed by atoms with Crippen LogP contribution in [0.2, 0.25) is 0 Å². The topological polar surface area (TPSA) is 82.8 Å². The smallest absolute Gasteiger partial charge is 0.226 e. The fourth-order valence-electron chi connectivity index (χ4n) is 4.43. The zero-order chi connectivity index (χ0) is 19.9. The molecule has 1 aromatic heterocycles. The van der Waals surface area contributed by atoms with Gasteiger partial charge in [-0.2, -0.15) is 0 Å². The number of rotatable bonds is 7. The number of nitrogens with zero attached hydrogens (tertiary/aromatic N) is 4. The van der Waals surface area contributed by atoms with E-state index in [1.807, 2.05) is 18.5 Å². The molecule has 3 heterocycles. The van der Waals surface area contributed by atoms with Gasteiger partial charge in [-0.05, 0) is 56.9 Å². The summed E-state index contributed by atoms with van der Waals surface area (Å²) in [5, 5.41) is 0. The van der Waals surface area contributed by atoms with Crippen LogP contribution in [0, 0.1) is 5.92 Å². The van der Waals surface area contributed by atoms with E-state index in [0.717, 1.165) is 58.4 Å². The van der Waals surface area contributed by atoms with Crippen molar-refractivity contribution < 1.29 is 9.59 Å². The zero-order valence-electron chi connectivity index (χ0n) is 16.9. The number of hydrogen-bond acceptors (Lipinski definition) is 5. The lowest BCUT2D eigenvalue weighted by atomic mass is 9.93. The largest absolute Gasteiger partial charge is 0.370 e. The molecule has 3 rings (SSSR count). The first-order chi connectivity index (χ1) is 13.5. The SMILES string of the molecule is CN(CCC(N)=O)C(=O)[C@@H]1CCCN(C2CCN(Cc3cccnc3)CC2)C1. The summed E-state index contributed by atoms with van der Waals surface area (Å²) in [6.45, 7) is 5.49. The third-order valence-corrected chi connectivity index (χ3v) is 6.07. The summed E-state index contributed by atoms with van der Waals surface area (Å²) in [5.41, 5.74) is 6.47. The average molecular weight is 388 g/mol. The second-order valence-electron chi connectivity index (χ2n) is 8.18. The van der Waals surface area contributed by atoms with E-state index in [1.165, 1.54) is 5.56 Å². The molecule has 2 aliphatic rings. The number of pyridine rings is 1. The highest BCUT2D eigenvalue weighted by Gasteiger charge is 2.32. The van der Waals surface area contributed by atoms with Crippen molar-refractivity contribution >= 4 is 11.8 Å². The van der Waals surface area contributed by atoms with Crippen LogP contribution in [-0.2, 0) is 16.1 Å². The minimum Gasteiger partial charge on any atom is -0.370 e. The summed E-state index contributed by atoms with van der Waals surface area (Å²) in [6, 6.07) is 4.69. The summed E-state index contributed by atoms with van der Waals surface area (Å²) in [6.07, 6.45) is 8.30. The number of likely N-dealkylation sites (tertiary alicyclic amines) is 2. The molecule has 7 heteroatoms. The molecule has 1 aromatic rings. The minimum absolute atomic E-state index is 0.0417. The minimum atomic E-state index is -0.358. The molecule has 0 radical (unpaired) electrons. The van der Waals surface area contributed by atoms with Crippen LogP contribution in [0.15, 0.2) is 24.5 Å². The maximum Gasteiger partial charge on any atom is 0.226 e. The quantitative estimate of drug-likeness (QED) is 0.757. The predicted octanol–water partition coefficient (Wildman–Crippen LogP) is 1.09. The number of amides is 2. The highest BCUT2D eigenvalue weighted by molar-refractivity contribution is 5.80. The van der Waals surface area contributed by atoms with Crippen LogP contribution >= 0.6 is 0 Å². The van der Waals surface area contributed by atoms with Crippen molar-refractivity contribution in [1.29, 1.82) is 0 Å². The van der Waals surface area contributed by atoms with Gasteiger partial charge >= 0.3 is 0 Å². The van der Waals surface area contributed by atoms with Crippen molar-refractivity contribution in [2.45, 2.75) is 44.7 Å². The summed E-state index contributed by atoms with van der Waals surface area (Å²) < 4.78 is 0. The number of hydrogen-bond donors (Lipinski definition) is 1. The molecule has 2 N–H and O–H groups in total. The number of piperidine rings is 2. The molecule has 0 unspecified atom stereocenters. The molecule has 2 saturated heterocycles. The van der Waals surface area contributed by atoms with Gasteiger partial charge in [0, 0.05) is 51.5 Å². The summed E-state index contributed by atoms with van der Waals surface area (Å²) in [5.74, 6) is -0.164. The van der Waals surface area contributed by atoms with E-state index in [4.69, 9.17) is 5.73 Å². The fraction of sp³-hybridized carbons (Fsp3) is 0.667. The molecular formula is C21H33N5O2. The average Bonchev–Trinajstić information content (AvgIpc) is 2.73. The Bertz CT molecular complexity index is 645. The molecule has 0 bridgehead atoms. The Morgan fingerprint density at radius 2 is 2.04 bits per heavy atom. The molecule has 1 atom stereocenters. The van der Waals surface area contributed by atoms with E-state index in [2.05, 4.69) is 20.9 Å². The highest BCUT2D eigenvalue weighted by Crippen LogP contribution is 2.25. The summed E-state index contributed by atoms with van der Waals surface area (Å²) in [7, 11) is 1.78. The van der Waals surface area contributed by atoms with E-state index in [1.54, 1.807) is 11.9 Å². The third kappa shape index (κ3) is 5.75. The molecular weight excluding hydrogens is 354 g/mol. The molecule has 0 aromatic carbocycles. The molecule has 2 aliphatic heterocycles. The van der Waals surface area contributed by atoms with Gasteiger partial charge in [0.2, 0.25) is 11.8 Å². The maximum atomic E-state index is 12.7. The van der Waals surface area contributed by atoms with Crippen LogP contribution in [-0.4, -0.2) is 77.3 Å². The Labute approximate surface area is 167 Å². The van der Waals surface area contributed by atoms with Crippen LogP contribution in [0.25, 0.3) is 0 Å². The van der Waals surface area contributed by atoms with Crippen LogP contribution < -0.4 is 5.73 Å². The normalized spacial score (nSPS) is 22.1. The second kappa shape index (κ2) is 9.98. The Kier molecular flexibility index (Phi) is 7.39. The van der Waals surface area contributed by atoms with Gasteiger partial charge in [0.15, 0.2) is 0 Å². The molecule has 28 heavy (non-hydrogen) atoms. The number of carbonyl (C=O) groups excluding carboxylic acids is 2. The highest BCUT2D eigenvalue weighted by atomic mass is 16.2. The van der Waals surface area contributed by atoms with Crippen molar-refractivity contribution in [3.8, 4) is 0 Å². The van der Waals surface area contributed by atoms with Gasteiger partial charge in [-0.1, -0.05) is 6.07 Å².